The lowest BCUT2D eigenvalue weighted by Crippen LogP contribution is -2.29. The first-order valence-electron chi connectivity index (χ1n) is 6.61. The van der Waals surface area contributed by atoms with Crippen molar-refractivity contribution in [3.05, 3.63) is 29.8 Å². The van der Waals surface area contributed by atoms with Gasteiger partial charge in [-0.3, -0.25) is 4.79 Å². The topological polar surface area (TPSA) is 41.1 Å². The molecule has 1 aromatic carbocycles. The summed E-state index contributed by atoms with van der Waals surface area (Å²) in [4.78, 5) is 10.8. The average Bonchev–Trinajstić information content (AvgIpc) is 2.38. The third kappa shape index (κ3) is 6.06. The van der Waals surface area contributed by atoms with Gasteiger partial charge in [0.15, 0.2) is 0 Å². The molecular weight excluding hydrogens is 269 g/mol. The van der Waals surface area contributed by atoms with Crippen molar-refractivity contribution in [1.82, 2.24) is 5.32 Å². The summed E-state index contributed by atoms with van der Waals surface area (Å²) in [5.74, 6) is -1.95. The summed E-state index contributed by atoms with van der Waals surface area (Å²) in [6, 6.07) is 6.39. The van der Waals surface area contributed by atoms with Crippen molar-refractivity contribution in [2.24, 2.45) is 0 Å². The Kier molecular flexibility index (Phi) is 6.51. The van der Waals surface area contributed by atoms with Gasteiger partial charge in [-0.05, 0) is 30.7 Å². The number of rotatable bonds is 7. The fourth-order valence-corrected chi connectivity index (χ4v) is 1.69. The van der Waals surface area contributed by atoms with E-state index in [9.17, 15) is 18.0 Å². The van der Waals surface area contributed by atoms with E-state index in [4.69, 9.17) is 0 Å². The van der Waals surface area contributed by atoms with E-state index in [1.807, 2.05) is 5.32 Å². The highest BCUT2D eigenvalue weighted by Crippen LogP contribution is 2.18. The molecule has 3 nitrogen and oxygen atoms in total. The zero-order chi connectivity index (χ0) is 15.0. The molecule has 2 N–H and O–H groups in total. The molecule has 0 unspecified atom stereocenters. The van der Waals surface area contributed by atoms with Crippen molar-refractivity contribution in [2.45, 2.75) is 38.9 Å². The van der Waals surface area contributed by atoms with Gasteiger partial charge < -0.3 is 10.6 Å². The summed E-state index contributed by atoms with van der Waals surface area (Å²) in [6.07, 6.45) is -1.51. The van der Waals surface area contributed by atoms with E-state index in [1.165, 1.54) is 12.1 Å². The average molecular weight is 288 g/mol. The van der Waals surface area contributed by atoms with Gasteiger partial charge in [0.25, 0.3) is 0 Å². The fraction of sp³-hybridized carbons (Fsp3) is 0.500. The van der Waals surface area contributed by atoms with E-state index in [1.54, 1.807) is 12.1 Å². The Balaban J connectivity index is 2.47. The van der Waals surface area contributed by atoms with Crippen molar-refractivity contribution in [3.8, 4) is 0 Å². The van der Waals surface area contributed by atoms with Gasteiger partial charge in [0.1, 0.15) is 0 Å². The molecule has 0 saturated carbocycles. The van der Waals surface area contributed by atoms with Gasteiger partial charge in [0.05, 0.1) is 0 Å². The Morgan fingerprint density at radius 3 is 2.65 bits per heavy atom. The zero-order valence-electron chi connectivity index (χ0n) is 11.4. The number of anilines is 1. The molecule has 6 heteroatoms. The van der Waals surface area contributed by atoms with Gasteiger partial charge in [-0.1, -0.05) is 31.9 Å². The molecule has 0 aromatic heterocycles. The number of alkyl halides is 3. The minimum Gasteiger partial charge on any atom is -0.318 e. The van der Waals surface area contributed by atoms with Crippen LogP contribution in [0.4, 0.5) is 18.9 Å². The number of unbranched alkanes of at least 4 members (excludes halogenated alkanes) is 2. The number of carbonyl (C=O) groups excluding carboxylic acids is 1. The lowest BCUT2D eigenvalue weighted by Gasteiger charge is -2.10. The molecule has 0 radical (unpaired) electrons. The zero-order valence-corrected chi connectivity index (χ0v) is 11.4. The van der Waals surface area contributed by atoms with Gasteiger partial charge in [0.2, 0.25) is 0 Å². The normalized spacial score (nSPS) is 11.4. The van der Waals surface area contributed by atoms with Crippen LogP contribution >= 0.6 is 0 Å². The van der Waals surface area contributed by atoms with E-state index < -0.39 is 12.1 Å². The summed E-state index contributed by atoms with van der Waals surface area (Å²) in [5, 5.41) is 5.05. The van der Waals surface area contributed by atoms with E-state index in [0.29, 0.717) is 6.54 Å². The van der Waals surface area contributed by atoms with Crippen molar-refractivity contribution in [1.29, 1.82) is 0 Å². The van der Waals surface area contributed by atoms with Crippen LogP contribution in [0.15, 0.2) is 24.3 Å². The highest BCUT2D eigenvalue weighted by molar-refractivity contribution is 5.94. The molecule has 0 heterocycles. The Bertz CT molecular complexity index is 433. The van der Waals surface area contributed by atoms with Crippen LogP contribution in [0.2, 0.25) is 0 Å². The number of benzene rings is 1. The number of halogens is 3. The first kappa shape index (κ1) is 16.5. The van der Waals surface area contributed by atoms with Gasteiger partial charge in [-0.25, -0.2) is 0 Å². The Labute approximate surface area is 116 Å². The first-order chi connectivity index (χ1) is 9.43. The van der Waals surface area contributed by atoms with Gasteiger partial charge in [0, 0.05) is 12.2 Å². The molecule has 1 rings (SSSR count). The highest BCUT2D eigenvalue weighted by Gasteiger charge is 2.38. The van der Waals surface area contributed by atoms with Crippen LogP contribution in [0, 0.1) is 0 Å². The molecule has 0 aliphatic heterocycles. The maximum atomic E-state index is 12.1. The largest absolute Gasteiger partial charge is 0.471 e. The van der Waals surface area contributed by atoms with Crippen LogP contribution in [0.3, 0.4) is 0 Å². The molecule has 1 amide bonds. The third-order valence-electron chi connectivity index (χ3n) is 2.73. The van der Waals surface area contributed by atoms with E-state index in [-0.39, 0.29) is 5.69 Å². The molecule has 0 saturated heterocycles. The molecule has 0 fully saturated rings. The minimum atomic E-state index is -4.87. The van der Waals surface area contributed by atoms with E-state index in [2.05, 4.69) is 12.2 Å². The number of carbonyl (C=O) groups is 1. The second kappa shape index (κ2) is 7.89. The first-order valence-corrected chi connectivity index (χ1v) is 6.61. The number of amides is 1. The number of hydrogen-bond acceptors (Lipinski definition) is 2. The molecule has 0 atom stereocenters. The molecular formula is C14H19F3N2O. The molecule has 112 valence electrons. The smallest absolute Gasteiger partial charge is 0.318 e. The van der Waals surface area contributed by atoms with Crippen LogP contribution in [-0.4, -0.2) is 18.6 Å². The van der Waals surface area contributed by atoms with Gasteiger partial charge >= 0.3 is 12.1 Å². The summed E-state index contributed by atoms with van der Waals surface area (Å²) >= 11 is 0. The number of hydrogen-bond donors (Lipinski definition) is 2. The monoisotopic (exact) mass is 288 g/mol. The van der Waals surface area contributed by atoms with Crippen molar-refractivity contribution < 1.29 is 18.0 Å². The second-order valence-corrected chi connectivity index (χ2v) is 4.54. The third-order valence-corrected chi connectivity index (χ3v) is 2.73. The Morgan fingerprint density at radius 1 is 1.25 bits per heavy atom. The summed E-state index contributed by atoms with van der Waals surface area (Å²) < 4.78 is 36.4. The van der Waals surface area contributed by atoms with Crippen molar-refractivity contribution >= 4 is 11.6 Å². The Hall–Kier alpha value is -1.56. The maximum absolute atomic E-state index is 12.1. The molecule has 0 bridgehead atoms. The van der Waals surface area contributed by atoms with Crippen LogP contribution < -0.4 is 10.6 Å². The second-order valence-electron chi connectivity index (χ2n) is 4.54. The van der Waals surface area contributed by atoms with Gasteiger partial charge in [-0.15, -0.1) is 0 Å². The lowest BCUT2D eigenvalue weighted by atomic mass is 10.2. The lowest BCUT2D eigenvalue weighted by molar-refractivity contribution is -0.167. The van der Waals surface area contributed by atoms with Gasteiger partial charge in [-0.2, -0.15) is 13.2 Å². The van der Waals surface area contributed by atoms with Crippen molar-refractivity contribution in [3.63, 3.8) is 0 Å². The van der Waals surface area contributed by atoms with Crippen LogP contribution in [0.1, 0.15) is 31.7 Å². The minimum absolute atomic E-state index is 0.153. The van der Waals surface area contributed by atoms with Crippen LogP contribution in [0.5, 0.6) is 0 Å². The molecule has 0 aliphatic carbocycles. The summed E-state index contributed by atoms with van der Waals surface area (Å²) in [6.45, 7) is 3.55. The van der Waals surface area contributed by atoms with Crippen LogP contribution in [-0.2, 0) is 11.3 Å². The Morgan fingerprint density at radius 2 is 2.00 bits per heavy atom. The highest BCUT2D eigenvalue weighted by atomic mass is 19.4. The summed E-state index contributed by atoms with van der Waals surface area (Å²) in [5.41, 5.74) is 0.988. The standard InChI is InChI=1S/C14H19F3N2O/c1-2-3-4-8-18-10-11-6-5-7-12(9-11)19-13(20)14(15,16)17/h5-7,9,18H,2-4,8,10H2,1H3,(H,19,20). The predicted molar refractivity (Wildman–Crippen MR) is 72.4 cm³/mol. The van der Waals surface area contributed by atoms with Crippen LogP contribution in [0.25, 0.3) is 0 Å². The number of nitrogens with one attached hydrogen (secondary N) is 2. The molecule has 20 heavy (non-hydrogen) atoms. The fourth-order valence-electron chi connectivity index (χ4n) is 1.69. The molecule has 0 aliphatic rings. The van der Waals surface area contributed by atoms with Crippen molar-refractivity contribution in [2.75, 3.05) is 11.9 Å². The summed E-state index contributed by atoms with van der Waals surface area (Å²) in [7, 11) is 0. The van der Waals surface area contributed by atoms with E-state index in [0.717, 1.165) is 31.4 Å². The quantitative estimate of drug-likeness (QED) is 0.754. The maximum Gasteiger partial charge on any atom is 0.471 e. The predicted octanol–water partition coefficient (Wildman–Crippen LogP) is 3.47. The molecule has 1 aromatic rings. The van der Waals surface area contributed by atoms with E-state index >= 15 is 0 Å². The molecule has 0 spiro atoms. The SMILES string of the molecule is CCCCCNCc1cccc(NC(=O)C(F)(F)F)c1.